The van der Waals surface area contributed by atoms with Crippen molar-refractivity contribution >= 4 is 5.78 Å². The van der Waals surface area contributed by atoms with Gasteiger partial charge < -0.3 is 5.73 Å². The normalized spacial score (nSPS) is 48.2. The van der Waals surface area contributed by atoms with Crippen LogP contribution in [0.4, 0.5) is 0 Å². The fourth-order valence-electron chi connectivity index (χ4n) is 2.94. The van der Waals surface area contributed by atoms with Gasteiger partial charge in [-0.1, -0.05) is 0 Å². The van der Waals surface area contributed by atoms with Crippen molar-refractivity contribution in [2.75, 3.05) is 0 Å². The molecule has 2 heteroatoms. The predicted octanol–water partition coefficient (Wildman–Crippen LogP) is 0.949. The predicted molar refractivity (Wildman–Crippen MR) is 43.0 cm³/mol. The molecule has 0 aromatic heterocycles. The molecule has 0 aliphatic heterocycles. The van der Waals surface area contributed by atoms with Gasteiger partial charge in [-0.25, -0.2) is 0 Å². The zero-order valence-corrected chi connectivity index (χ0v) is 6.92. The smallest absolute Gasteiger partial charge is 0.134 e. The quantitative estimate of drug-likeness (QED) is 0.609. The number of Topliss-reactive ketones (excluding diaryl/α,β-unsaturated/α-hetero) is 1. The molecule has 4 atom stereocenters. The van der Waals surface area contributed by atoms with Crippen molar-refractivity contribution in [3.05, 3.63) is 0 Å². The van der Waals surface area contributed by atoms with Crippen LogP contribution in [0.1, 0.15) is 26.2 Å². The number of carbonyl (C=O) groups is 1. The molecule has 0 amide bonds. The lowest BCUT2D eigenvalue weighted by atomic mass is 9.83. The minimum absolute atomic E-state index is 0.186. The van der Waals surface area contributed by atoms with Gasteiger partial charge in [0.15, 0.2) is 0 Å². The van der Waals surface area contributed by atoms with Crippen LogP contribution in [-0.4, -0.2) is 11.8 Å². The first-order valence-corrected chi connectivity index (χ1v) is 4.46. The Bertz CT molecular complexity index is 188. The van der Waals surface area contributed by atoms with E-state index in [0.717, 1.165) is 0 Å². The van der Waals surface area contributed by atoms with Gasteiger partial charge in [-0.3, -0.25) is 4.79 Å². The number of carbonyl (C=O) groups excluding carboxylic acids is 1. The van der Waals surface area contributed by atoms with Crippen molar-refractivity contribution < 1.29 is 4.79 Å². The van der Waals surface area contributed by atoms with Crippen LogP contribution >= 0.6 is 0 Å². The Morgan fingerprint density at radius 2 is 2.00 bits per heavy atom. The first-order valence-electron chi connectivity index (χ1n) is 4.46. The van der Waals surface area contributed by atoms with Crippen molar-refractivity contribution in [1.82, 2.24) is 0 Å². The maximum atomic E-state index is 11.2. The summed E-state index contributed by atoms with van der Waals surface area (Å²) in [7, 11) is 0. The van der Waals surface area contributed by atoms with Gasteiger partial charge >= 0.3 is 0 Å². The van der Waals surface area contributed by atoms with E-state index in [-0.39, 0.29) is 12.0 Å². The van der Waals surface area contributed by atoms with Gasteiger partial charge in [0.1, 0.15) is 5.78 Å². The summed E-state index contributed by atoms with van der Waals surface area (Å²) in [5.41, 5.74) is 5.94. The summed E-state index contributed by atoms with van der Waals surface area (Å²) in [6.45, 7) is 1.69. The molecule has 2 N–H and O–H groups in total. The molecule has 0 aromatic rings. The number of fused-ring (bicyclic) bond motifs is 2. The molecular weight excluding hydrogens is 138 g/mol. The van der Waals surface area contributed by atoms with Crippen LogP contribution in [0.15, 0.2) is 0 Å². The molecule has 62 valence electrons. The molecule has 2 saturated carbocycles. The Labute approximate surface area is 67.1 Å². The second kappa shape index (κ2) is 2.31. The van der Waals surface area contributed by atoms with Crippen molar-refractivity contribution in [2.24, 2.45) is 23.5 Å². The Hall–Kier alpha value is -0.370. The summed E-state index contributed by atoms with van der Waals surface area (Å²) in [6, 6.07) is 0.186. The van der Waals surface area contributed by atoms with Crippen LogP contribution in [0.5, 0.6) is 0 Å². The van der Waals surface area contributed by atoms with Gasteiger partial charge in [-0.05, 0) is 38.0 Å². The average molecular weight is 153 g/mol. The summed E-state index contributed by atoms with van der Waals surface area (Å²) in [4.78, 5) is 11.2. The summed E-state index contributed by atoms with van der Waals surface area (Å²) in [6.07, 6.45) is 3.71. The minimum atomic E-state index is 0.186. The van der Waals surface area contributed by atoms with Crippen LogP contribution in [-0.2, 0) is 4.79 Å². The highest BCUT2D eigenvalue weighted by molar-refractivity contribution is 5.80. The molecule has 2 aliphatic rings. The average Bonchev–Trinajstić information content (AvgIpc) is 2.44. The van der Waals surface area contributed by atoms with E-state index in [1.165, 1.54) is 19.3 Å². The van der Waals surface area contributed by atoms with Gasteiger partial charge in [-0.15, -0.1) is 0 Å². The van der Waals surface area contributed by atoms with E-state index in [2.05, 4.69) is 0 Å². The molecule has 11 heavy (non-hydrogen) atoms. The highest BCUT2D eigenvalue weighted by Gasteiger charge is 2.47. The van der Waals surface area contributed by atoms with Crippen LogP contribution < -0.4 is 5.73 Å². The molecule has 2 bridgehead atoms. The summed E-state index contributed by atoms with van der Waals surface area (Å²) in [5.74, 6) is 1.81. The first kappa shape index (κ1) is 7.29. The molecule has 2 aliphatic carbocycles. The van der Waals surface area contributed by atoms with E-state index in [0.29, 0.717) is 17.6 Å². The SMILES string of the molecule is CC(=O)C1C2CCC(C2)C1N. The van der Waals surface area contributed by atoms with Gasteiger partial charge in [0.25, 0.3) is 0 Å². The van der Waals surface area contributed by atoms with E-state index in [1.807, 2.05) is 0 Å². The number of ketones is 1. The molecule has 4 unspecified atom stereocenters. The Kier molecular flexibility index (Phi) is 1.53. The Morgan fingerprint density at radius 3 is 2.36 bits per heavy atom. The third-order valence-electron chi connectivity index (χ3n) is 3.45. The van der Waals surface area contributed by atoms with Gasteiger partial charge in [0.05, 0.1) is 0 Å². The summed E-state index contributed by atoms with van der Waals surface area (Å²) in [5, 5.41) is 0. The lowest BCUT2D eigenvalue weighted by molar-refractivity contribution is -0.122. The topological polar surface area (TPSA) is 43.1 Å². The fraction of sp³-hybridized carbons (Fsp3) is 0.889. The van der Waals surface area contributed by atoms with E-state index in [9.17, 15) is 4.79 Å². The zero-order chi connectivity index (χ0) is 8.01. The fourth-order valence-corrected chi connectivity index (χ4v) is 2.94. The van der Waals surface area contributed by atoms with Crippen molar-refractivity contribution in [2.45, 2.75) is 32.2 Å². The van der Waals surface area contributed by atoms with E-state index >= 15 is 0 Å². The molecule has 0 aromatic carbocycles. The van der Waals surface area contributed by atoms with Crippen molar-refractivity contribution in [3.63, 3.8) is 0 Å². The molecule has 2 fully saturated rings. The number of hydrogen-bond acceptors (Lipinski definition) is 2. The molecule has 0 spiro atoms. The summed E-state index contributed by atoms with van der Waals surface area (Å²) >= 11 is 0. The van der Waals surface area contributed by atoms with Crippen LogP contribution in [0.3, 0.4) is 0 Å². The third-order valence-corrected chi connectivity index (χ3v) is 3.45. The first-order chi connectivity index (χ1) is 5.20. The largest absolute Gasteiger partial charge is 0.327 e. The molecule has 0 saturated heterocycles. The van der Waals surface area contributed by atoms with Crippen molar-refractivity contribution in [1.29, 1.82) is 0 Å². The lowest BCUT2D eigenvalue weighted by Crippen LogP contribution is -2.39. The second-order valence-corrected chi connectivity index (χ2v) is 4.05. The highest BCUT2D eigenvalue weighted by Crippen LogP contribution is 2.47. The molecule has 2 rings (SSSR count). The number of nitrogens with two attached hydrogens (primary N) is 1. The standard InChI is InChI=1S/C9H15NO/c1-5(11)8-6-2-3-7(4-6)9(8)10/h6-9H,2-4,10H2,1H3. The van der Waals surface area contributed by atoms with E-state index < -0.39 is 0 Å². The molecule has 0 heterocycles. The maximum Gasteiger partial charge on any atom is 0.134 e. The van der Waals surface area contributed by atoms with E-state index in [4.69, 9.17) is 5.73 Å². The lowest BCUT2D eigenvalue weighted by Gasteiger charge is -2.25. The second-order valence-electron chi connectivity index (χ2n) is 4.05. The Balaban J connectivity index is 2.17. The van der Waals surface area contributed by atoms with Crippen molar-refractivity contribution in [3.8, 4) is 0 Å². The van der Waals surface area contributed by atoms with Crippen LogP contribution in [0.2, 0.25) is 0 Å². The van der Waals surface area contributed by atoms with E-state index in [1.54, 1.807) is 6.92 Å². The zero-order valence-electron chi connectivity index (χ0n) is 6.92. The molecule has 2 nitrogen and oxygen atoms in total. The maximum absolute atomic E-state index is 11.2. The number of rotatable bonds is 1. The van der Waals surface area contributed by atoms with Crippen LogP contribution in [0, 0.1) is 17.8 Å². The molecular formula is C9H15NO. The summed E-state index contributed by atoms with van der Waals surface area (Å²) < 4.78 is 0. The number of hydrogen-bond donors (Lipinski definition) is 1. The highest BCUT2D eigenvalue weighted by atomic mass is 16.1. The monoisotopic (exact) mass is 153 g/mol. The van der Waals surface area contributed by atoms with Gasteiger partial charge in [0.2, 0.25) is 0 Å². The third kappa shape index (κ3) is 0.924. The Morgan fingerprint density at radius 1 is 1.36 bits per heavy atom. The van der Waals surface area contributed by atoms with Gasteiger partial charge in [0, 0.05) is 12.0 Å². The van der Waals surface area contributed by atoms with Crippen LogP contribution in [0.25, 0.3) is 0 Å². The molecule has 0 radical (unpaired) electrons. The minimum Gasteiger partial charge on any atom is -0.327 e. The van der Waals surface area contributed by atoms with Gasteiger partial charge in [-0.2, -0.15) is 0 Å².